The van der Waals surface area contributed by atoms with E-state index in [2.05, 4.69) is 6.58 Å². The Morgan fingerprint density at radius 2 is 1.68 bits per heavy atom. The summed E-state index contributed by atoms with van der Waals surface area (Å²) in [6.45, 7) is 5.62. The smallest absolute Gasteiger partial charge is 0.262 e. The fourth-order valence-corrected chi connectivity index (χ4v) is 3.93. The maximum absolute atomic E-state index is 12.9. The molecule has 0 saturated carbocycles. The van der Waals surface area contributed by atoms with Crippen molar-refractivity contribution in [3.8, 4) is 0 Å². The average molecular weight is 356 g/mol. The van der Waals surface area contributed by atoms with Crippen molar-refractivity contribution in [2.45, 2.75) is 11.8 Å². The molecule has 2 aromatic carbocycles. The second-order valence-corrected chi connectivity index (χ2v) is 7.44. The SMILES string of the molecule is C=CCN(c1ccc(Cl)cc1C)S(=O)(=O)c1ccc(Cl)cc1. The minimum atomic E-state index is -3.71. The number of aryl methyl sites for hydroxylation is 1. The standard InChI is InChI=1S/C16H15Cl2NO2S/c1-3-10-19(16-9-6-14(18)11-12(16)2)22(20,21)15-7-4-13(17)5-8-15/h3-9,11H,1,10H2,2H3. The van der Waals surface area contributed by atoms with Crippen LogP contribution in [0.2, 0.25) is 10.0 Å². The molecule has 0 fully saturated rings. The topological polar surface area (TPSA) is 37.4 Å². The Hall–Kier alpha value is -1.49. The van der Waals surface area contributed by atoms with Crippen LogP contribution in [0, 0.1) is 6.92 Å². The van der Waals surface area contributed by atoms with Gasteiger partial charge in [-0.05, 0) is 55.0 Å². The molecule has 0 aromatic heterocycles. The van der Waals surface area contributed by atoms with E-state index in [1.807, 2.05) is 6.92 Å². The molecule has 3 nitrogen and oxygen atoms in total. The van der Waals surface area contributed by atoms with E-state index in [1.54, 1.807) is 36.4 Å². The Kier molecular flexibility index (Phi) is 5.16. The van der Waals surface area contributed by atoms with Crippen molar-refractivity contribution in [1.29, 1.82) is 0 Å². The highest BCUT2D eigenvalue weighted by molar-refractivity contribution is 7.92. The van der Waals surface area contributed by atoms with Crippen molar-refractivity contribution in [2.24, 2.45) is 0 Å². The molecule has 0 spiro atoms. The average Bonchev–Trinajstić information content (AvgIpc) is 2.46. The van der Waals surface area contributed by atoms with Crippen LogP contribution in [0.25, 0.3) is 0 Å². The predicted octanol–water partition coefficient (Wildman–Crippen LogP) is 4.68. The van der Waals surface area contributed by atoms with Crippen LogP contribution in [0.3, 0.4) is 0 Å². The third kappa shape index (κ3) is 3.46. The predicted molar refractivity (Wildman–Crippen MR) is 92.4 cm³/mol. The normalized spacial score (nSPS) is 11.2. The molecule has 0 heterocycles. The fraction of sp³-hybridized carbons (Fsp3) is 0.125. The molecule has 0 amide bonds. The molecule has 2 aromatic rings. The Morgan fingerprint density at radius 1 is 1.09 bits per heavy atom. The highest BCUT2D eigenvalue weighted by atomic mass is 35.5. The van der Waals surface area contributed by atoms with Gasteiger partial charge in [0, 0.05) is 10.0 Å². The van der Waals surface area contributed by atoms with Crippen LogP contribution in [0.15, 0.2) is 60.0 Å². The molecule has 2 rings (SSSR count). The lowest BCUT2D eigenvalue weighted by Crippen LogP contribution is -2.31. The molecule has 22 heavy (non-hydrogen) atoms. The molecular weight excluding hydrogens is 341 g/mol. The second-order valence-electron chi connectivity index (χ2n) is 4.71. The van der Waals surface area contributed by atoms with Gasteiger partial charge in [-0.15, -0.1) is 6.58 Å². The summed E-state index contributed by atoms with van der Waals surface area (Å²) in [7, 11) is -3.71. The van der Waals surface area contributed by atoms with Crippen LogP contribution in [-0.4, -0.2) is 15.0 Å². The van der Waals surface area contributed by atoms with Crippen LogP contribution in [0.5, 0.6) is 0 Å². The maximum atomic E-state index is 12.9. The molecule has 0 unspecified atom stereocenters. The summed E-state index contributed by atoms with van der Waals surface area (Å²) in [5.41, 5.74) is 1.34. The molecule has 0 aliphatic heterocycles. The lowest BCUT2D eigenvalue weighted by Gasteiger charge is -2.25. The van der Waals surface area contributed by atoms with Gasteiger partial charge < -0.3 is 0 Å². The van der Waals surface area contributed by atoms with Crippen LogP contribution in [-0.2, 0) is 10.0 Å². The van der Waals surface area contributed by atoms with Crippen molar-refractivity contribution in [3.05, 3.63) is 70.7 Å². The van der Waals surface area contributed by atoms with Gasteiger partial charge in [0.1, 0.15) is 0 Å². The first-order valence-corrected chi connectivity index (χ1v) is 8.71. The van der Waals surface area contributed by atoms with E-state index < -0.39 is 10.0 Å². The minimum Gasteiger partial charge on any atom is -0.262 e. The summed E-state index contributed by atoms with van der Waals surface area (Å²) in [5.74, 6) is 0. The van der Waals surface area contributed by atoms with Gasteiger partial charge in [-0.1, -0.05) is 29.3 Å². The van der Waals surface area contributed by atoms with Crippen LogP contribution in [0.1, 0.15) is 5.56 Å². The van der Waals surface area contributed by atoms with E-state index in [-0.39, 0.29) is 11.4 Å². The highest BCUT2D eigenvalue weighted by Gasteiger charge is 2.25. The molecular formula is C16H15Cl2NO2S. The fourth-order valence-electron chi connectivity index (χ4n) is 2.08. The number of nitrogens with zero attached hydrogens (tertiary/aromatic N) is 1. The number of hydrogen-bond donors (Lipinski definition) is 0. The second kappa shape index (κ2) is 6.73. The van der Waals surface area contributed by atoms with E-state index in [4.69, 9.17) is 23.2 Å². The lowest BCUT2D eigenvalue weighted by molar-refractivity contribution is 0.592. The zero-order valence-electron chi connectivity index (χ0n) is 12.0. The number of benzene rings is 2. The third-order valence-electron chi connectivity index (χ3n) is 3.12. The van der Waals surface area contributed by atoms with E-state index in [0.29, 0.717) is 15.7 Å². The van der Waals surface area contributed by atoms with Crippen molar-refractivity contribution in [2.75, 3.05) is 10.8 Å². The Bertz CT molecular complexity index is 786. The Balaban J connectivity index is 2.55. The van der Waals surface area contributed by atoms with E-state index in [1.165, 1.54) is 16.4 Å². The minimum absolute atomic E-state index is 0.160. The summed E-state index contributed by atoms with van der Waals surface area (Å²) in [6.07, 6.45) is 1.54. The Morgan fingerprint density at radius 3 is 2.23 bits per heavy atom. The molecule has 116 valence electrons. The number of rotatable bonds is 5. The Labute approximate surface area is 140 Å². The molecule has 0 N–H and O–H groups in total. The lowest BCUT2D eigenvalue weighted by atomic mass is 10.2. The first-order valence-electron chi connectivity index (χ1n) is 6.51. The highest BCUT2D eigenvalue weighted by Crippen LogP contribution is 2.29. The molecule has 0 bridgehead atoms. The molecule has 0 atom stereocenters. The van der Waals surface area contributed by atoms with Gasteiger partial charge >= 0.3 is 0 Å². The maximum Gasteiger partial charge on any atom is 0.264 e. The molecule has 0 aliphatic rings. The van der Waals surface area contributed by atoms with E-state index in [9.17, 15) is 8.42 Å². The van der Waals surface area contributed by atoms with Gasteiger partial charge in [0.2, 0.25) is 0 Å². The van der Waals surface area contributed by atoms with Gasteiger partial charge in [0.05, 0.1) is 17.1 Å². The quantitative estimate of drug-likeness (QED) is 0.730. The summed E-state index contributed by atoms with van der Waals surface area (Å²) < 4.78 is 27.0. The van der Waals surface area contributed by atoms with E-state index >= 15 is 0 Å². The van der Waals surface area contributed by atoms with Crippen LogP contribution < -0.4 is 4.31 Å². The first kappa shape index (κ1) is 16.9. The largest absolute Gasteiger partial charge is 0.264 e. The van der Waals surface area contributed by atoms with Gasteiger partial charge in [-0.3, -0.25) is 4.31 Å². The molecule has 0 radical (unpaired) electrons. The van der Waals surface area contributed by atoms with Crippen LogP contribution >= 0.6 is 23.2 Å². The van der Waals surface area contributed by atoms with Crippen molar-refractivity contribution in [3.63, 3.8) is 0 Å². The van der Waals surface area contributed by atoms with Crippen LogP contribution in [0.4, 0.5) is 5.69 Å². The van der Waals surface area contributed by atoms with Gasteiger partial charge in [-0.2, -0.15) is 0 Å². The first-order chi connectivity index (χ1) is 10.4. The summed E-state index contributed by atoms with van der Waals surface area (Å²) in [4.78, 5) is 0.174. The monoisotopic (exact) mass is 355 g/mol. The van der Waals surface area contributed by atoms with E-state index in [0.717, 1.165) is 5.56 Å². The zero-order chi connectivity index (χ0) is 16.3. The van der Waals surface area contributed by atoms with Gasteiger partial charge in [0.25, 0.3) is 10.0 Å². The molecule has 0 saturated heterocycles. The summed E-state index contributed by atoms with van der Waals surface area (Å²) >= 11 is 11.8. The zero-order valence-corrected chi connectivity index (χ0v) is 14.3. The number of sulfonamides is 1. The van der Waals surface area contributed by atoms with Gasteiger partial charge in [-0.25, -0.2) is 8.42 Å². The molecule has 6 heteroatoms. The van der Waals surface area contributed by atoms with Crippen molar-refractivity contribution in [1.82, 2.24) is 0 Å². The number of anilines is 1. The number of hydrogen-bond acceptors (Lipinski definition) is 2. The molecule has 0 aliphatic carbocycles. The third-order valence-corrected chi connectivity index (χ3v) is 5.41. The summed E-state index contributed by atoms with van der Waals surface area (Å²) in [6, 6.07) is 11.2. The summed E-state index contributed by atoms with van der Waals surface area (Å²) in [5, 5.41) is 1.04. The number of halogens is 2. The van der Waals surface area contributed by atoms with Gasteiger partial charge in [0.15, 0.2) is 0 Å². The van der Waals surface area contributed by atoms with Crippen molar-refractivity contribution < 1.29 is 8.42 Å². The van der Waals surface area contributed by atoms with Crippen molar-refractivity contribution >= 4 is 38.9 Å².